The normalized spacial score (nSPS) is 15.1. The number of carboxylic acids is 1. The van der Waals surface area contributed by atoms with Crippen LogP contribution in [-0.2, 0) is 11.2 Å². The summed E-state index contributed by atoms with van der Waals surface area (Å²) in [6.07, 6.45) is 2.56. The highest BCUT2D eigenvalue weighted by Crippen LogP contribution is 2.30. The number of unbranched alkanes of at least 4 members (excludes halogenated alkanes) is 1. The molecule has 0 saturated carbocycles. The molecule has 1 aliphatic heterocycles. The van der Waals surface area contributed by atoms with Gasteiger partial charge in [0.2, 0.25) is 0 Å². The van der Waals surface area contributed by atoms with Crippen LogP contribution in [0.3, 0.4) is 0 Å². The number of ether oxygens (including phenoxy) is 1. The van der Waals surface area contributed by atoms with E-state index in [1.54, 1.807) is 13.0 Å². The third-order valence-corrected chi connectivity index (χ3v) is 8.13. The maximum Gasteiger partial charge on any atom is 0.421 e. The number of hydrogen-bond donors (Lipinski definition) is 3. The molecular weight excluding hydrogens is 580 g/mol. The number of hydrogen-bond acceptors (Lipinski definition) is 6. The summed E-state index contributed by atoms with van der Waals surface area (Å²) in [6, 6.07) is 24.6. The summed E-state index contributed by atoms with van der Waals surface area (Å²) in [4.78, 5) is 27.3. The number of rotatable bonds is 14. The number of amides is 1. The first-order chi connectivity index (χ1) is 21.2. The number of hydrazine groups is 1. The topological polar surface area (TPSA) is 120 Å². The molecule has 1 aliphatic rings. The highest BCUT2D eigenvalue weighted by Gasteiger charge is 2.26. The lowest BCUT2D eigenvalue weighted by molar-refractivity contribution is -0.132. The predicted molar refractivity (Wildman–Crippen MR) is 173 cm³/mol. The van der Waals surface area contributed by atoms with E-state index < -0.39 is 12.1 Å². The second-order valence-electron chi connectivity index (χ2n) is 11.0. The first-order valence-corrected chi connectivity index (χ1v) is 15.3. The van der Waals surface area contributed by atoms with Crippen molar-refractivity contribution in [3.05, 3.63) is 106 Å². The van der Waals surface area contributed by atoms with Gasteiger partial charge in [-0.05, 0) is 73.2 Å². The van der Waals surface area contributed by atoms with E-state index in [1.165, 1.54) is 11.1 Å². The number of aryl methyl sites for hydroxylation is 1. The fourth-order valence-electron chi connectivity index (χ4n) is 5.42. The van der Waals surface area contributed by atoms with Crippen LogP contribution in [0, 0.1) is 0 Å². The quantitative estimate of drug-likeness (QED) is 0.0681. The van der Waals surface area contributed by atoms with E-state index in [0.29, 0.717) is 30.8 Å². The molecule has 234 valence electrons. The van der Waals surface area contributed by atoms with Crippen molar-refractivity contribution in [2.45, 2.75) is 32.2 Å². The SMILES string of the molecule is CC(=Cc1cc(CCCCN(N)C(=O)O)ccc1OCCN1CCN([C@H](c2ccccc2)c2ccc(Cl)cc2)CC1)C(=O)O. The molecule has 1 heterocycles. The maximum atomic E-state index is 11.5. The van der Waals surface area contributed by atoms with Crippen LogP contribution in [-0.4, -0.2) is 83.0 Å². The molecule has 0 aromatic heterocycles. The van der Waals surface area contributed by atoms with Gasteiger partial charge in [0.15, 0.2) is 0 Å². The Balaban J connectivity index is 1.34. The van der Waals surface area contributed by atoms with E-state index in [9.17, 15) is 14.7 Å². The highest BCUT2D eigenvalue weighted by molar-refractivity contribution is 6.30. The standard InChI is InChI=1S/C34H41ClN4O5/c1-25(33(40)41)23-29-24-26(7-5-6-16-39(36)34(42)43)10-15-31(29)44-22-21-37-17-19-38(20-18-37)32(27-8-3-2-4-9-27)28-11-13-30(35)14-12-28/h2-4,8-15,23-24,32H,5-7,16-22,36H2,1H3,(H,40,41)(H,42,43)/t32-/m1/s1. The van der Waals surface area contributed by atoms with Crippen LogP contribution in [0.4, 0.5) is 4.79 Å². The van der Waals surface area contributed by atoms with Gasteiger partial charge in [0, 0.05) is 55.4 Å². The van der Waals surface area contributed by atoms with Gasteiger partial charge in [-0.1, -0.05) is 60.1 Å². The van der Waals surface area contributed by atoms with Crippen LogP contribution in [0.5, 0.6) is 5.75 Å². The number of benzene rings is 3. The molecule has 1 saturated heterocycles. The number of aliphatic carboxylic acids is 1. The Morgan fingerprint density at radius 2 is 1.66 bits per heavy atom. The lowest BCUT2D eigenvalue weighted by Gasteiger charge is -2.39. The molecule has 3 aromatic rings. The van der Waals surface area contributed by atoms with Gasteiger partial charge < -0.3 is 14.9 Å². The smallest absolute Gasteiger partial charge is 0.421 e. The lowest BCUT2D eigenvalue weighted by Crippen LogP contribution is -2.48. The minimum atomic E-state index is -1.15. The molecule has 0 spiro atoms. The molecule has 3 aromatic carbocycles. The van der Waals surface area contributed by atoms with Crippen LogP contribution < -0.4 is 10.6 Å². The molecule has 0 radical (unpaired) electrons. The highest BCUT2D eigenvalue weighted by atomic mass is 35.5. The Morgan fingerprint density at radius 1 is 0.977 bits per heavy atom. The fourth-order valence-corrected chi connectivity index (χ4v) is 5.55. The van der Waals surface area contributed by atoms with E-state index in [0.717, 1.165) is 54.7 Å². The van der Waals surface area contributed by atoms with Crippen molar-refractivity contribution in [3.8, 4) is 5.75 Å². The largest absolute Gasteiger partial charge is 0.492 e. The molecule has 10 heteroatoms. The summed E-state index contributed by atoms with van der Waals surface area (Å²) in [5.41, 5.74) is 4.43. The Bertz CT molecular complexity index is 1410. The van der Waals surface area contributed by atoms with Crippen LogP contribution in [0.1, 0.15) is 48.1 Å². The fraction of sp³-hybridized carbons (Fsp3) is 0.353. The first-order valence-electron chi connectivity index (χ1n) is 14.9. The minimum Gasteiger partial charge on any atom is -0.492 e. The van der Waals surface area contributed by atoms with Crippen LogP contribution in [0.25, 0.3) is 6.08 Å². The molecule has 4 rings (SSSR count). The van der Waals surface area contributed by atoms with Crippen molar-refractivity contribution in [1.82, 2.24) is 14.8 Å². The number of carbonyl (C=O) groups is 2. The van der Waals surface area contributed by atoms with Gasteiger partial charge >= 0.3 is 12.1 Å². The monoisotopic (exact) mass is 620 g/mol. The molecular formula is C34H41ClN4O5. The Morgan fingerprint density at radius 3 is 2.32 bits per heavy atom. The first kappa shape index (κ1) is 33.0. The molecule has 0 bridgehead atoms. The van der Waals surface area contributed by atoms with Crippen LogP contribution >= 0.6 is 11.6 Å². The van der Waals surface area contributed by atoms with E-state index in [1.807, 2.05) is 36.4 Å². The summed E-state index contributed by atoms with van der Waals surface area (Å²) in [6.45, 7) is 6.70. The summed E-state index contributed by atoms with van der Waals surface area (Å²) >= 11 is 6.18. The van der Waals surface area contributed by atoms with Gasteiger partial charge in [-0.25, -0.2) is 20.4 Å². The zero-order valence-electron chi connectivity index (χ0n) is 25.1. The van der Waals surface area contributed by atoms with Crippen molar-refractivity contribution in [2.75, 3.05) is 45.9 Å². The Kier molecular flexibility index (Phi) is 12.2. The molecule has 9 nitrogen and oxygen atoms in total. The van der Waals surface area contributed by atoms with Gasteiger partial charge in [-0.2, -0.15) is 0 Å². The summed E-state index contributed by atoms with van der Waals surface area (Å²) in [7, 11) is 0. The third kappa shape index (κ3) is 9.56. The third-order valence-electron chi connectivity index (χ3n) is 7.88. The second kappa shape index (κ2) is 16.3. The van der Waals surface area contributed by atoms with Gasteiger partial charge in [-0.3, -0.25) is 9.80 Å². The Hall–Kier alpha value is -3.89. The van der Waals surface area contributed by atoms with Crippen molar-refractivity contribution in [1.29, 1.82) is 0 Å². The van der Waals surface area contributed by atoms with Crippen LogP contribution in [0.15, 0.2) is 78.4 Å². The second-order valence-corrected chi connectivity index (χ2v) is 11.5. The molecule has 1 fully saturated rings. The van der Waals surface area contributed by atoms with Gasteiger partial charge in [0.1, 0.15) is 12.4 Å². The summed E-state index contributed by atoms with van der Waals surface area (Å²) in [5.74, 6) is 5.10. The van der Waals surface area contributed by atoms with Crippen molar-refractivity contribution in [3.63, 3.8) is 0 Å². The zero-order chi connectivity index (χ0) is 31.5. The molecule has 4 N–H and O–H groups in total. The summed E-state index contributed by atoms with van der Waals surface area (Å²) < 4.78 is 6.19. The lowest BCUT2D eigenvalue weighted by atomic mass is 9.96. The van der Waals surface area contributed by atoms with Crippen molar-refractivity contribution in [2.24, 2.45) is 5.84 Å². The maximum absolute atomic E-state index is 11.5. The zero-order valence-corrected chi connectivity index (χ0v) is 25.8. The minimum absolute atomic E-state index is 0.156. The number of piperazine rings is 1. The van der Waals surface area contributed by atoms with E-state index in [4.69, 9.17) is 27.3 Å². The predicted octanol–water partition coefficient (Wildman–Crippen LogP) is 5.79. The van der Waals surface area contributed by atoms with E-state index >= 15 is 0 Å². The van der Waals surface area contributed by atoms with Gasteiger partial charge in [0.25, 0.3) is 0 Å². The van der Waals surface area contributed by atoms with Gasteiger partial charge in [0.05, 0.1) is 6.04 Å². The van der Waals surface area contributed by atoms with E-state index in [2.05, 4.69) is 46.2 Å². The Labute approximate surface area is 264 Å². The van der Waals surface area contributed by atoms with Crippen molar-refractivity contribution < 1.29 is 24.5 Å². The number of nitrogens with two attached hydrogens (primary N) is 1. The van der Waals surface area contributed by atoms with Crippen molar-refractivity contribution >= 4 is 29.7 Å². The molecule has 44 heavy (non-hydrogen) atoms. The summed E-state index contributed by atoms with van der Waals surface area (Å²) in [5, 5.41) is 19.9. The van der Waals surface area contributed by atoms with Crippen LogP contribution in [0.2, 0.25) is 5.02 Å². The molecule has 1 amide bonds. The number of nitrogens with zero attached hydrogens (tertiary/aromatic N) is 3. The number of carboxylic acid groups (broad SMARTS) is 2. The number of halogens is 1. The average molecular weight is 621 g/mol. The average Bonchev–Trinajstić information content (AvgIpc) is 3.02. The van der Waals surface area contributed by atoms with E-state index in [-0.39, 0.29) is 18.2 Å². The molecule has 1 atom stereocenters. The molecule has 0 unspecified atom stereocenters. The molecule has 0 aliphatic carbocycles. The van der Waals surface area contributed by atoms with Gasteiger partial charge in [-0.15, -0.1) is 0 Å².